The lowest BCUT2D eigenvalue weighted by Gasteiger charge is -2.26. The molecule has 0 unspecified atom stereocenters. The van der Waals surface area contributed by atoms with Crippen LogP contribution in [-0.4, -0.2) is 60.2 Å². The van der Waals surface area contributed by atoms with E-state index in [0.29, 0.717) is 35.8 Å². The van der Waals surface area contributed by atoms with Gasteiger partial charge in [0.2, 0.25) is 0 Å². The van der Waals surface area contributed by atoms with Crippen LogP contribution in [0, 0.1) is 0 Å². The monoisotopic (exact) mass is 560 g/mol. The van der Waals surface area contributed by atoms with E-state index in [0.717, 1.165) is 11.3 Å². The number of carbonyl (C=O) groups excluding carboxylic acids is 3. The number of carbonyl (C=O) groups is 4. The summed E-state index contributed by atoms with van der Waals surface area (Å²) in [6.07, 6.45) is 2.08. The summed E-state index contributed by atoms with van der Waals surface area (Å²) in [5, 5.41) is 11.1. The van der Waals surface area contributed by atoms with E-state index in [-0.39, 0.29) is 35.2 Å². The van der Waals surface area contributed by atoms with Gasteiger partial charge in [-0.15, -0.1) is 0 Å². The summed E-state index contributed by atoms with van der Waals surface area (Å²) in [4.78, 5) is 50.3. The Morgan fingerprint density at radius 1 is 0.974 bits per heavy atom. The Kier molecular flexibility index (Phi) is 10.2. The molecule has 0 aromatic heterocycles. The Bertz CT molecular complexity index is 1290. The number of carboxylic acid groups (broad SMARTS) is 1. The molecule has 4 amide bonds. The Labute approximate surface area is 230 Å². The van der Waals surface area contributed by atoms with Crippen LogP contribution in [0.2, 0.25) is 5.02 Å². The Balaban J connectivity index is 1.91. The molecule has 3 rings (SSSR count). The van der Waals surface area contributed by atoms with Crippen LogP contribution in [0.15, 0.2) is 35.9 Å². The molecule has 1 saturated heterocycles. The molecule has 0 aliphatic carbocycles. The highest BCUT2D eigenvalue weighted by Crippen LogP contribution is 2.37. The number of aliphatic carboxylic acids is 1. The average molecular weight is 561 g/mol. The van der Waals surface area contributed by atoms with Gasteiger partial charge in [0.05, 0.1) is 31.4 Å². The van der Waals surface area contributed by atoms with Crippen LogP contribution in [-0.2, 0) is 20.9 Å². The van der Waals surface area contributed by atoms with Gasteiger partial charge in [-0.05, 0) is 61.7 Å². The van der Waals surface area contributed by atoms with Crippen LogP contribution in [0.5, 0.6) is 23.0 Å². The van der Waals surface area contributed by atoms with Crippen molar-refractivity contribution in [1.29, 1.82) is 0 Å². The summed E-state index contributed by atoms with van der Waals surface area (Å²) in [5.74, 6) is -1.73. The predicted molar refractivity (Wildman–Crippen MR) is 141 cm³/mol. The molecule has 0 radical (unpaired) electrons. The number of ether oxygens (including phenoxy) is 4. The highest BCUT2D eigenvalue weighted by Gasteiger charge is 2.36. The third-order valence-corrected chi connectivity index (χ3v) is 5.56. The topological polar surface area (TPSA) is 141 Å². The second kappa shape index (κ2) is 13.5. The van der Waals surface area contributed by atoms with Crippen molar-refractivity contribution in [2.75, 3.05) is 26.4 Å². The lowest BCUT2D eigenvalue weighted by Crippen LogP contribution is -2.53. The normalized spacial score (nSPS) is 14.3. The molecule has 2 aromatic rings. The first-order valence-electron chi connectivity index (χ1n) is 12.3. The number of halogens is 1. The van der Waals surface area contributed by atoms with Gasteiger partial charge in [0.15, 0.2) is 29.6 Å². The van der Waals surface area contributed by atoms with Crippen LogP contribution in [0.25, 0.3) is 6.08 Å². The van der Waals surface area contributed by atoms with Gasteiger partial charge < -0.3 is 24.1 Å². The second-order valence-electron chi connectivity index (χ2n) is 8.22. The Morgan fingerprint density at radius 3 is 2.36 bits per heavy atom. The van der Waals surface area contributed by atoms with E-state index < -0.39 is 30.4 Å². The number of urea groups is 1. The van der Waals surface area contributed by atoms with Crippen molar-refractivity contribution in [2.24, 2.45) is 0 Å². The zero-order valence-corrected chi connectivity index (χ0v) is 22.5. The van der Waals surface area contributed by atoms with E-state index in [1.54, 1.807) is 25.1 Å². The summed E-state index contributed by atoms with van der Waals surface area (Å²) in [6.45, 7) is 5.86. The molecule has 0 saturated carbocycles. The largest absolute Gasteiger partial charge is 0.490 e. The highest BCUT2D eigenvalue weighted by molar-refractivity contribution is 6.33. The third kappa shape index (κ3) is 7.41. The number of nitrogens with one attached hydrogen (secondary N) is 1. The van der Waals surface area contributed by atoms with Gasteiger partial charge in [-0.3, -0.25) is 19.8 Å². The molecular weight excluding hydrogens is 532 g/mol. The van der Waals surface area contributed by atoms with Gasteiger partial charge in [0, 0.05) is 0 Å². The molecule has 0 bridgehead atoms. The number of benzene rings is 2. The standard InChI is InChI=1S/C27H29ClN2O9/c1-4-9-38-20-8-7-16(12-21(20)36-5-2)14-30-26(34)18(25(33)29-27(30)35)10-17-11-19(28)24(39-15-23(31)32)22(13-17)37-6-3/h7-8,10-13H,4-6,9,14-15H2,1-3H3,(H,31,32)(H,29,33,35)/b18-10+. The van der Waals surface area contributed by atoms with Crippen molar-refractivity contribution in [1.82, 2.24) is 10.2 Å². The number of carboxylic acids is 1. The third-order valence-electron chi connectivity index (χ3n) is 5.28. The minimum atomic E-state index is -1.20. The molecule has 1 aliphatic heterocycles. The number of imide groups is 2. The first-order chi connectivity index (χ1) is 18.7. The molecule has 11 nitrogen and oxygen atoms in total. The first kappa shape index (κ1) is 29.3. The maximum Gasteiger partial charge on any atom is 0.341 e. The molecular formula is C27H29ClN2O9. The number of rotatable bonds is 13. The van der Waals surface area contributed by atoms with Crippen molar-refractivity contribution >= 4 is 41.5 Å². The molecule has 12 heteroatoms. The lowest BCUT2D eigenvalue weighted by molar-refractivity contribution is -0.139. The maximum absolute atomic E-state index is 13.3. The van der Waals surface area contributed by atoms with Crippen LogP contribution in [0.3, 0.4) is 0 Å². The van der Waals surface area contributed by atoms with Gasteiger partial charge in [0.1, 0.15) is 5.57 Å². The maximum atomic E-state index is 13.3. The molecule has 2 N–H and O–H groups in total. The number of amides is 4. The number of barbiturate groups is 1. The molecule has 208 valence electrons. The van der Waals surface area contributed by atoms with Crippen LogP contribution >= 0.6 is 11.6 Å². The SMILES string of the molecule is CCCOc1ccc(CN2C(=O)NC(=O)/C(=C\c3cc(Cl)c(OCC(=O)O)c(OCC)c3)C2=O)cc1OCC. The van der Waals surface area contributed by atoms with Crippen LogP contribution < -0.4 is 24.3 Å². The van der Waals surface area contributed by atoms with Crippen molar-refractivity contribution in [3.8, 4) is 23.0 Å². The number of hydrogen-bond acceptors (Lipinski definition) is 8. The minimum absolute atomic E-state index is 0.00996. The van der Waals surface area contributed by atoms with E-state index in [9.17, 15) is 19.2 Å². The van der Waals surface area contributed by atoms with Gasteiger partial charge in [-0.2, -0.15) is 0 Å². The van der Waals surface area contributed by atoms with Crippen molar-refractivity contribution < 1.29 is 43.2 Å². The van der Waals surface area contributed by atoms with Crippen molar-refractivity contribution in [3.63, 3.8) is 0 Å². The van der Waals surface area contributed by atoms with E-state index in [2.05, 4.69) is 5.32 Å². The van der Waals surface area contributed by atoms with E-state index in [1.165, 1.54) is 18.2 Å². The van der Waals surface area contributed by atoms with E-state index in [4.69, 9.17) is 35.7 Å². The fourth-order valence-electron chi connectivity index (χ4n) is 3.65. The number of hydrogen-bond donors (Lipinski definition) is 2. The summed E-state index contributed by atoms with van der Waals surface area (Å²) >= 11 is 6.29. The summed E-state index contributed by atoms with van der Waals surface area (Å²) in [7, 11) is 0. The van der Waals surface area contributed by atoms with Crippen LogP contribution in [0.4, 0.5) is 4.79 Å². The van der Waals surface area contributed by atoms with Gasteiger partial charge >= 0.3 is 12.0 Å². The Hall–Kier alpha value is -4.25. The van der Waals surface area contributed by atoms with Gasteiger partial charge in [0.25, 0.3) is 11.8 Å². The fraction of sp³-hybridized carbons (Fsp3) is 0.333. The van der Waals surface area contributed by atoms with Crippen molar-refractivity contribution in [3.05, 3.63) is 52.1 Å². The quantitative estimate of drug-likeness (QED) is 0.274. The van der Waals surface area contributed by atoms with E-state index >= 15 is 0 Å². The Morgan fingerprint density at radius 2 is 1.69 bits per heavy atom. The van der Waals surface area contributed by atoms with Gasteiger partial charge in [-0.1, -0.05) is 24.6 Å². The second-order valence-corrected chi connectivity index (χ2v) is 8.62. The zero-order chi connectivity index (χ0) is 28.5. The lowest BCUT2D eigenvalue weighted by atomic mass is 10.1. The minimum Gasteiger partial charge on any atom is -0.490 e. The highest BCUT2D eigenvalue weighted by atomic mass is 35.5. The molecule has 1 heterocycles. The van der Waals surface area contributed by atoms with Crippen LogP contribution in [0.1, 0.15) is 38.3 Å². The summed E-state index contributed by atoms with van der Waals surface area (Å²) < 4.78 is 22.1. The van der Waals surface area contributed by atoms with E-state index in [1.807, 2.05) is 13.8 Å². The first-order valence-corrected chi connectivity index (χ1v) is 12.6. The number of nitrogens with zero attached hydrogens (tertiary/aromatic N) is 1. The molecule has 1 fully saturated rings. The molecule has 2 aromatic carbocycles. The summed E-state index contributed by atoms with van der Waals surface area (Å²) in [5.41, 5.74) is 0.580. The molecule has 1 aliphatic rings. The summed E-state index contributed by atoms with van der Waals surface area (Å²) in [6, 6.07) is 7.06. The zero-order valence-electron chi connectivity index (χ0n) is 21.7. The average Bonchev–Trinajstić information content (AvgIpc) is 2.88. The fourth-order valence-corrected chi connectivity index (χ4v) is 3.92. The molecule has 0 atom stereocenters. The van der Waals surface area contributed by atoms with Gasteiger partial charge in [-0.25, -0.2) is 9.59 Å². The van der Waals surface area contributed by atoms with Crippen molar-refractivity contribution in [2.45, 2.75) is 33.7 Å². The molecule has 39 heavy (non-hydrogen) atoms. The predicted octanol–water partition coefficient (Wildman–Crippen LogP) is 4.05. The smallest absolute Gasteiger partial charge is 0.341 e. The molecule has 0 spiro atoms.